The molecular weight excluding hydrogens is 302 g/mol. The van der Waals surface area contributed by atoms with E-state index in [9.17, 15) is 4.79 Å². The third-order valence-corrected chi connectivity index (χ3v) is 4.89. The summed E-state index contributed by atoms with van der Waals surface area (Å²) in [6, 6.07) is 8.25. The maximum atomic E-state index is 12.4. The predicted octanol–water partition coefficient (Wildman–Crippen LogP) is 1.79. The van der Waals surface area contributed by atoms with E-state index in [4.69, 9.17) is 0 Å². The van der Waals surface area contributed by atoms with E-state index in [1.165, 1.54) is 17.5 Å². The number of aromatic nitrogens is 3. The van der Waals surface area contributed by atoms with Crippen LogP contribution in [0.25, 0.3) is 0 Å². The number of hydrogen-bond acceptors (Lipinski definition) is 4. The molecule has 0 radical (unpaired) electrons. The van der Waals surface area contributed by atoms with Gasteiger partial charge in [0.05, 0.1) is 0 Å². The fraction of sp³-hybridized carbons (Fsp3) is 0.500. The van der Waals surface area contributed by atoms with E-state index in [1.807, 2.05) is 6.92 Å². The maximum absolute atomic E-state index is 12.4. The molecule has 2 heterocycles. The van der Waals surface area contributed by atoms with Crippen molar-refractivity contribution in [3.63, 3.8) is 0 Å². The highest BCUT2D eigenvalue weighted by Gasteiger charge is 2.30. The van der Waals surface area contributed by atoms with E-state index in [-0.39, 0.29) is 17.5 Å². The summed E-state index contributed by atoms with van der Waals surface area (Å²) in [5, 5.41) is 7.09. The van der Waals surface area contributed by atoms with Gasteiger partial charge in [-0.15, -0.1) is 0 Å². The summed E-state index contributed by atoms with van der Waals surface area (Å²) >= 11 is 0. The lowest BCUT2D eigenvalue weighted by Gasteiger charge is -2.41. The summed E-state index contributed by atoms with van der Waals surface area (Å²) in [6.45, 7) is 8.74. The molecule has 0 spiro atoms. The fourth-order valence-corrected chi connectivity index (χ4v) is 3.11. The van der Waals surface area contributed by atoms with Gasteiger partial charge < -0.3 is 5.32 Å². The van der Waals surface area contributed by atoms with Crippen LogP contribution in [0.3, 0.4) is 0 Å². The van der Waals surface area contributed by atoms with E-state index < -0.39 is 0 Å². The molecule has 6 nitrogen and oxygen atoms in total. The molecule has 3 rings (SSSR count). The maximum Gasteiger partial charge on any atom is 0.244 e. The molecule has 1 amide bonds. The number of carbonyl (C=O) groups excluding carboxylic acids is 1. The highest BCUT2D eigenvalue weighted by Crippen LogP contribution is 2.25. The number of nitrogens with one attached hydrogen (secondary N) is 1. The average Bonchev–Trinajstić information content (AvgIpc) is 3.13. The van der Waals surface area contributed by atoms with E-state index in [0.29, 0.717) is 6.54 Å². The molecule has 0 fully saturated rings. The Kier molecular flexibility index (Phi) is 4.66. The molecule has 0 bridgehead atoms. The van der Waals surface area contributed by atoms with Crippen LogP contribution in [-0.2, 0) is 17.8 Å². The van der Waals surface area contributed by atoms with Crippen molar-refractivity contribution in [3.8, 4) is 0 Å². The predicted molar refractivity (Wildman–Crippen MR) is 92.4 cm³/mol. The van der Waals surface area contributed by atoms with Crippen molar-refractivity contribution < 1.29 is 4.79 Å². The number of carbonyl (C=O) groups is 1. The lowest BCUT2D eigenvalue weighted by molar-refractivity contribution is -0.124. The van der Waals surface area contributed by atoms with Crippen molar-refractivity contribution in [2.45, 2.75) is 45.3 Å². The van der Waals surface area contributed by atoms with Gasteiger partial charge >= 0.3 is 0 Å². The summed E-state index contributed by atoms with van der Waals surface area (Å²) in [5.41, 5.74) is 2.72. The number of hydrogen-bond donors (Lipinski definition) is 1. The summed E-state index contributed by atoms with van der Waals surface area (Å²) in [7, 11) is 0. The minimum absolute atomic E-state index is 0.0361. The van der Waals surface area contributed by atoms with E-state index >= 15 is 0 Å². The smallest absolute Gasteiger partial charge is 0.244 e. The third-order valence-electron chi connectivity index (χ3n) is 4.89. The number of fused-ring (bicyclic) bond motifs is 1. The first-order valence-electron chi connectivity index (χ1n) is 8.41. The van der Waals surface area contributed by atoms with Crippen molar-refractivity contribution in [1.82, 2.24) is 25.0 Å². The first-order chi connectivity index (χ1) is 11.5. The van der Waals surface area contributed by atoms with Gasteiger partial charge in [0.15, 0.2) is 0 Å². The Hall–Kier alpha value is -2.21. The van der Waals surface area contributed by atoms with Gasteiger partial charge in [0.2, 0.25) is 5.91 Å². The van der Waals surface area contributed by atoms with Crippen LogP contribution in [0.15, 0.2) is 36.9 Å². The van der Waals surface area contributed by atoms with Crippen LogP contribution in [0.5, 0.6) is 0 Å². The van der Waals surface area contributed by atoms with Gasteiger partial charge in [-0.25, -0.2) is 9.67 Å². The summed E-state index contributed by atoms with van der Waals surface area (Å²) < 4.78 is 1.57. The Balaban J connectivity index is 1.59. The molecule has 1 aromatic carbocycles. The third kappa shape index (κ3) is 3.48. The number of nitrogens with zero attached hydrogens (tertiary/aromatic N) is 4. The van der Waals surface area contributed by atoms with Gasteiger partial charge in [0, 0.05) is 25.2 Å². The quantitative estimate of drug-likeness (QED) is 0.909. The fourth-order valence-electron chi connectivity index (χ4n) is 3.11. The average molecular weight is 327 g/mol. The second-order valence-corrected chi connectivity index (χ2v) is 7.02. The molecule has 1 aromatic heterocycles. The van der Waals surface area contributed by atoms with Crippen LogP contribution in [0, 0.1) is 0 Å². The molecule has 0 aliphatic carbocycles. The molecule has 6 heteroatoms. The monoisotopic (exact) mass is 327 g/mol. The van der Waals surface area contributed by atoms with Crippen molar-refractivity contribution >= 4 is 5.91 Å². The summed E-state index contributed by atoms with van der Waals surface area (Å²) in [6.07, 6.45) is 4.07. The van der Waals surface area contributed by atoms with Gasteiger partial charge in [-0.05, 0) is 38.3 Å². The van der Waals surface area contributed by atoms with Crippen LogP contribution >= 0.6 is 0 Å². The van der Waals surface area contributed by atoms with E-state index in [0.717, 1.165) is 19.5 Å². The molecule has 0 saturated heterocycles. The van der Waals surface area contributed by atoms with E-state index in [2.05, 4.69) is 58.4 Å². The number of amides is 1. The molecule has 2 aromatic rings. The highest BCUT2D eigenvalue weighted by molar-refractivity contribution is 5.79. The lowest BCUT2D eigenvalue weighted by atomic mass is 9.94. The zero-order valence-electron chi connectivity index (χ0n) is 14.6. The molecule has 0 unspecified atom stereocenters. The minimum Gasteiger partial charge on any atom is -0.352 e. The van der Waals surface area contributed by atoms with Crippen LogP contribution in [-0.4, -0.2) is 44.2 Å². The molecule has 24 heavy (non-hydrogen) atoms. The first kappa shape index (κ1) is 16.6. The Morgan fingerprint density at radius 2 is 2.08 bits per heavy atom. The second-order valence-electron chi connectivity index (χ2n) is 7.02. The van der Waals surface area contributed by atoms with Crippen molar-refractivity contribution in [3.05, 3.63) is 48.0 Å². The molecule has 1 aliphatic heterocycles. The van der Waals surface area contributed by atoms with Crippen LogP contribution < -0.4 is 5.32 Å². The largest absolute Gasteiger partial charge is 0.352 e. The summed E-state index contributed by atoms with van der Waals surface area (Å²) in [4.78, 5) is 18.7. The highest BCUT2D eigenvalue weighted by atomic mass is 16.2. The number of rotatable bonds is 5. The first-order valence-corrected chi connectivity index (χ1v) is 8.41. The van der Waals surface area contributed by atoms with Gasteiger partial charge in [-0.2, -0.15) is 5.10 Å². The zero-order chi connectivity index (χ0) is 17.2. The van der Waals surface area contributed by atoms with Gasteiger partial charge in [-0.3, -0.25) is 9.69 Å². The lowest BCUT2D eigenvalue weighted by Crippen LogP contribution is -2.53. The topological polar surface area (TPSA) is 63.1 Å². The van der Waals surface area contributed by atoms with Crippen LogP contribution in [0.4, 0.5) is 0 Å². The van der Waals surface area contributed by atoms with Crippen LogP contribution in [0.2, 0.25) is 0 Å². The normalized spacial score (nSPS) is 16.5. The molecular formula is C18H25N5O. The number of benzene rings is 1. The van der Waals surface area contributed by atoms with Crippen LogP contribution in [0.1, 0.15) is 37.9 Å². The SMILES string of the molecule is C[C@H](C(=O)NCC(C)(C)N1CCc2ccccc2C1)n1cncn1. The Labute approximate surface area is 142 Å². The van der Waals surface area contributed by atoms with Crippen molar-refractivity contribution in [2.24, 2.45) is 0 Å². The minimum atomic E-state index is -0.356. The van der Waals surface area contributed by atoms with Crippen molar-refractivity contribution in [1.29, 1.82) is 0 Å². The van der Waals surface area contributed by atoms with Gasteiger partial charge in [0.25, 0.3) is 0 Å². The molecule has 1 N–H and O–H groups in total. The standard InChI is InChI=1S/C18H25N5O/c1-14(23-13-19-12-21-23)17(24)20-11-18(2,3)22-9-8-15-6-4-5-7-16(15)10-22/h4-7,12-14H,8-11H2,1-3H3,(H,20,24)/t14-/m1/s1. The Morgan fingerprint density at radius 3 is 2.79 bits per heavy atom. The van der Waals surface area contributed by atoms with Crippen molar-refractivity contribution in [2.75, 3.05) is 13.1 Å². The molecule has 128 valence electrons. The second kappa shape index (κ2) is 6.73. The van der Waals surface area contributed by atoms with Gasteiger partial charge in [-0.1, -0.05) is 24.3 Å². The molecule has 0 saturated carbocycles. The molecule has 1 atom stereocenters. The van der Waals surface area contributed by atoms with E-state index in [1.54, 1.807) is 11.0 Å². The zero-order valence-corrected chi connectivity index (χ0v) is 14.6. The Bertz CT molecular complexity index is 695. The summed E-state index contributed by atoms with van der Waals surface area (Å²) in [5.74, 6) is -0.0361. The van der Waals surface area contributed by atoms with Gasteiger partial charge in [0.1, 0.15) is 18.7 Å². The Morgan fingerprint density at radius 1 is 1.33 bits per heavy atom. The molecule has 1 aliphatic rings.